The zero-order chi connectivity index (χ0) is 22.9. The normalized spacial score (nSPS) is 16.1. The van der Waals surface area contributed by atoms with E-state index in [9.17, 15) is 4.79 Å². The van der Waals surface area contributed by atoms with Gasteiger partial charge in [0.15, 0.2) is 0 Å². The summed E-state index contributed by atoms with van der Waals surface area (Å²) in [6, 6.07) is 33.7. The van der Waals surface area contributed by atoms with E-state index in [0.717, 1.165) is 42.9 Å². The lowest BCUT2D eigenvalue weighted by Crippen LogP contribution is -2.27. The van der Waals surface area contributed by atoms with Crippen molar-refractivity contribution in [3.63, 3.8) is 0 Å². The van der Waals surface area contributed by atoms with Gasteiger partial charge in [-0.15, -0.1) is 0 Å². The highest BCUT2D eigenvalue weighted by Crippen LogP contribution is 2.32. The van der Waals surface area contributed by atoms with E-state index in [-0.39, 0.29) is 11.8 Å². The van der Waals surface area contributed by atoms with E-state index in [2.05, 4.69) is 89.5 Å². The smallest absolute Gasteiger partial charge is 0.223 e. The third-order valence-corrected chi connectivity index (χ3v) is 6.99. The molecule has 0 bridgehead atoms. The van der Waals surface area contributed by atoms with E-state index in [1.54, 1.807) is 0 Å². The summed E-state index contributed by atoms with van der Waals surface area (Å²) < 4.78 is 2.33. The van der Waals surface area contributed by atoms with Crippen molar-refractivity contribution < 1.29 is 4.79 Å². The van der Waals surface area contributed by atoms with Gasteiger partial charge in [0, 0.05) is 32.0 Å². The average molecular weight is 446 g/mol. The largest absolute Gasteiger partial charge is 0.342 e. The van der Waals surface area contributed by atoms with Crippen LogP contribution in [0.25, 0.3) is 21.8 Å². The second kappa shape index (κ2) is 8.79. The third kappa shape index (κ3) is 3.86. The van der Waals surface area contributed by atoms with Gasteiger partial charge in [-0.3, -0.25) is 4.79 Å². The molecule has 4 nitrogen and oxygen atoms in total. The van der Waals surface area contributed by atoms with E-state index in [1.165, 1.54) is 21.9 Å². The molecule has 0 aliphatic carbocycles. The van der Waals surface area contributed by atoms with Gasteiger partial charge in [0.25, 0.3) is 0 Å². The average Bonchev–Trinajstić information content (AvgIpc) is 3.44. The fourth-order valence-corrected chi connectivity index (χ4v) is 5.24. The van der Waals surface area contributed by atoms with Crippen LogP contribution in [-0.4, -0.2) is 33.4 Å². The Bertz CT molecular complexity index is 1470. The summed E-state index contributed by atoms with van der Waals surface area (Å²) in [5.74, 6) is 1.35. The van der Waals surface area contributed by atoms with Gasteiger partial charge in [-0.05, 0) is 40.5 Å². The number of carbonyl (C=O) groups excluding carboxylic acids is 1. The van der Waals surface area contributed by atoms with E-state index in [0.29, 0.717) is 6.42 Å². The lowest BCUT2D eigenvalue weighted by Gasteiger charge is -2.18. The first-order valence-electron chi connectivity index (χ1n) is 12.0. The number of fused-ring (bicyclic) bond motifs is 2. The molecular formula is C30H27N3O. The number of aromatic nitrogens is 2. The molecule has 5 aromatic rings. The molecule has 0 saturated carbocycles. The van der Waals surface area contributed by atoms with Crippen LogP contribution in [0.2, 0.25) is 0 Å². The molecule has 1 fully saturated rings. The Morgan fingerprint density at radius 2 is 1.59 bits per heavy atom. The fraction of sp³-hybridized carbons (Fsp3) is 0.200. The van der Waals surface area contributed by atoms with E-state index >= 15 is 0 Å². The zero-order valence-electron chi connectivity index (χ0n) is 19.1. The lowest BCUT2D eigenvalue weighted by atomic mass is 10.0. The highest BCUT2D eigenvalue weighted by molar-refractivity contribution is 5.86. The first-order valence-corrected chi connectivity index (χ1v) is 12.0. The van der Waals surface area contributed by atoms with Crippen LogP contribution in [-0.2, 0) is 17.8 Å². The SMILES string of the molecule is O=C1CC(c2nc3ccccc3n2Cc2cccc3ccccc23)CN1CCc1ccccc1. The van der Waals surface area contributed by atoms with Crippen LogP contribution in [0.5, 0.6) is 0 Å². The zero-order valence-corrected chi connectivity index (χ0v) is 19.1. The minimum atomic E-state index is 0.102. The van der Waals surface area contributed by atoms with E-state index < -0.39 is 0 Å². The molecule has 4 aromatic carbocycles. The predicted molar refractivity (Wildman–Crippen MR) is 137 cm³/mol. The van der Waals surface area contributed by atoms with Crippen molar-refractivity contribution in [3.05, 3.63) is 114 Å². The van der Waals surface area contributed by atoms with E-state index in [4.69, 9.17) is 4.98 Å². The third-order valence-electron chi connectivity index (χ3n) is 6.99. The van der Waals surface area contributed by atoms with Crippen LogP contribution < -0.4 is 0 Å². The van der Waals surface area contributed by atoms with Crippen LogP contribution in [0.4, 0.5) is 0 Å². The first-order chi connectivity index (χ1) is 16.8. The van der Waals surface area contributed by atoms with Crippen molar-refractivity contribution in [2.45, 2.75) is 25.3 Å². The van der Waals surface area contributed by atoms with Gasteiger partial charge in [-0.25, -0.2) is 4.98 Å². The van der Waals surface area contributed by atoms with Gasteiger partial charge in [-0.2, -0.15) is 0 Å². The molecule has 1 unspecified atom stereocenters. The number of nitrogens with zero attached hydrogens (tertiary/aromatic N) is 3. The maximum Gasteiger partial charge on any atom is 0.223 e. The highest BCUT2D eigenvalue weighted by atomic mass is 16.2. The summed E-state index contributed by atoms with van der Waals surface area (Å²) in [6.45, 7) is 2.22. The van der Waals surface area contributed by atoms with Crippen LogP contribution in [0.3, 0.4) is 0 Å². The second-order valence-corrected chi connectivity index (χ2v) is 9.16. The number of benzene rings is 4. The Morgan fingerprint density at radius 3 is 2.50 bits per heavy atom. The molecule has 0 spiro atoms. The predicted octanol–water partition coefficient (Wildman–Crippen LogP) is 5.80. The molecule has 1 saturated heterocycles. The molecule has 1 aliphatic rings. The quantitative estimate of drug-likeness (QED) is 0.331. The van der Waals surface area contributed by atoms with Gasteiger partial charge < -0.3 is 9.47 Å². The molecule has 4 heteroatoms. The second-order valence-electron chi connectivity index (χ2n) is 9.16. The molecule has 2 heterocycles. The minimum absolute atomic E-state index is 0.102. The van der Waals surface area contributed by atoms with Crippen LogP contribution in [0.15, 0.2) is 97.1 Å². The van der Waals surface area contributed by atoms with Gasteiger partial charge in [-0.1, -0.05) is 84.9 Å². The number of imidazole rings is 1. The van der Waals surface area contributed by atoms with Crippen molar-refractivity contribution in [3.8, 4) is 0 Å². The number of para-hydroxylation sites is 2. The number of carbonyl (C=O) groups is 1. The monoisotopic (exact) mass is 445 g/mol. The summed E-state index contributed by atoms with van der Waals surface area (Å²) in [5.41, 5.74) is 4.66. The fourth-order valence-electron chi connectivity index (χ4n) is 5.24. The Labute approximate surface area is 199 Å². The van der Waals surface area contributed by atoms with Gasteiger partial charge in [0.1, 0.15) is 5.82 Å². The van der Waals surface area contributed by atoms with Gasteiger partial charge in [0.2, 0.25) is 5.91 Å². The molecule has 6 rings (SSSR count). The number of amides is 1. The summed E-state index contributed by atoms with van der Waals surface area (Å²) in [6.07, 6.45) is 1.40. The standard InChI is InChI=1S/C30H27N3O/c34-29-19-25(20-32(29)18-17-22-9-2-1-3-10-22)30-31-27-15-6-7-16-28(27)33(30)21-24-13-8-12-23-11-4-5-14-26(23)24/h1-16,25H,17-21H2. The van der Waals surface area contributed by atoms with Crippen LogP contribution in [0, 0.1) is 0 Å². The van der Waals surface area contributed by atoms with Gasteiger partial charge >= 0.3 is 0 Å². The highest BCUT2D eigenvalue weighted by Gasteiger charge is 2.33. The van der Waals surface area contributed by atoms with Crippen molar-refractivity contribution in [1.29, 1.82) is 0 Å². The maximum atomic E-state index is 12.9. The summed E-state index contributed by atoms with van der Waals surface area (Å²) in [7, 11) is 0. The topological polar surface area (TPSA) is 38.1 Å². The molecular weight excluding hydrogens is 418 g/mol. The van der Waals surface area contributed by atoms with Crippen molar-refractivity contribution >= 4 is 27.7 Å². The van der Waals surface area contributed by atoms with Crippen molar-refractivity contribution in [1.82, 2.24) is 14.5 Å². The molecule has 1 aromatic heterocycles. The van der Waals surface area contributed by atoms with Gasteiger partial charge in [0.05, 0.1) is 11.0 Å². The molecule has 0 radical (unpaired) electrons. The molecule has 168 valence electrons. The Hall–Kier alpha value is -3.92. The number of likely N-dealkylation sites (tertiary alicyclic amines) is 1. The maximum absolute atomic E-state index is 12.9. The summed E-state index contributed by atoms with van der Waals surface area (Å²) >= 11 is 0. The minimum Gasteiger partial charge on any atom is -0.342 e. The summed E-state index contributed by atoms with van der Waals surface area (Å²) in [4.78, 5) is 20.0. The number of hydrogen-bond acceptors (Lipinski definition) is 2. The number of rotatable bonds is 6. The Kier molecular flexibility index (Phi) is 5.34. The van der Waals surface area contributed by atoms with Crippen LogP contribution >= 0.6 is 0 Å². The van der Waals surface area contributed by atoms with E-state index in [1.807, 2.05) is 17.0 Å². The van der Waals surface area contributed by atoms with Crippen molar-refractivity contribution in [2.24, 2.45) is 0 Å². The molecule has 0 N–H and O–H groups in total. The molecule has 1 amide bonds. The Morgan fingerprint density at radius 1 is 0.824 bits per heavy atom. The first kappa shape index (κ1) is 20.7. The number of hydrogen-bond donors (Lipinski definition) is 0. The van der Waals surface area contributed by atoms with Crippen molar-refractivity contribution in [2.75, 3.05) is 13.1 Å². The molecule has 1 aliphatic heterocycles. The lowest BCUT2D eigenvalue weighted by molar-refractivity contribution is -0.127. The Balaban J connectivity index is 1.32. The molecule has 34 heavy (non-hydrogen) atoms. The summed E-state index contributed by atoms with van der Waals surface area (Å²) in [5, 5.41) is 2.51. The van der Waals surface area contributed by atoms with Crippen LogP contribution in [0.1, 0.15) is 29.3 Å². The molecule has 1 atom stereocenters.